The molecule has 162 valence electrons. The maximum atomic E-state index is 13.2. The summed E-state index contributed by atoms with van der Waals surface area (Å²) in [6.07, 6.45) is 7.54. The zero-order valence-corrected chi connectivity index (χ0v) is 18.6. The van der Waals surface area contributed by atoms with Crippen molar-refractivity contribution in [2.45, 2.75) is 56.6 Å². The van der Waals surface area contributed by atoms with Crippen molar-refractivity contribution in [2.24, 2.45) is 0 Å². The monoisotopic (exact) mass is 429 g/mol. The average molecular weight is 430 g/mol. The highest BCUT2D eigenvalue weighted by atomic mass is 32.2. The smallest absolute Gasteiger partial charge is 0.243 e. The van der Waals surface area contributed by atoms with E-state index in [1.54, 1.807) is 22.8 Å². The van der Waals surface area contributed by atoms with Gasteiger partial charge in [-0.1, -0.05) is 12.1 Å². The minimum Gasteiger partial charge on any atom is -0.490 e. The van der Waals surface area contributed by atoms with E-state index in [0.717, 1.165) is 55.6 Å². The molecule has 6 nitrogen and oxygen atoms in total. The lowest BCUT2D eigenvalue weighted by Gasteiger charge is -2.41. The first-order valence-corrected chi connectivity index (χ1v) is 12.3. The Bertz CT molecular complexity index is 949. The van der Waals surface area contributed by atoms with E-state index in [-0.39, 0.29) is 6.10 Å². The molecule has 2 aliphatic rings. The van der Waals surface area contributed by atoms with Crippen molar-refractivity contribution in [1.82, 2.24) is 14.2 Å². The summed E-state index contributed by atoms with van der Waals surface area (Å²) < 4.78 is 34.0. The molecule has 0 amide bonds. The van der Waals surface area contributed by atoms with E-state index >= 15 is 0 Å². The van der Waals surface area contributed by atoms with Crippen LogP contribution in [0.5, 0.6) is 5.75 Å². The summed E-state index contributed by atoms with van der Waals surface area (Å²) in [7, 11) is -3.42. The molecule has 0 bridgehead atoms. The fraction of sp³-hybridized carbons (Fsp3) is 0.522. The van der Waals surface area contributed by atoms with Gasteiger partial charge in [0.25, 0.3) is 0 Å². The van der Waals surface area contributed by atoms with Gasteiger partial charge < -0.3 is 9.64 Å². The zero-order valence-electron chi connectivity index (χ0n) is 17.8. The van der Waals surface area contributed by atoms with E-state index in [1.165, 1.54) is 0 Å². The van der Waals surface area contributed by atoms with Gasteiger partial charge in [0.15, 0.2) is 0 Å². The molecule has 2 saturated heterocycles. The Morgan fingerprint density at radius 3 is 2.27 bits per heavy atom. The molecule has 0 atom stereocenters. The van der Waals surface area contributed by atoms with Gasteiger partial charge in [0.1, 0.15) is 11.9 Å². The second kappa shape index (κ2) is 9.04. The van der Waals surface area contributed by atoms with Gasteiger partial charge in [0.05, 0.1) is 4.90 Å². The lowest BCUT2D eigenvalue weighted by atomic mass is 10.00. The molecule has 3 heterocycles. The first-order valence-electron chi connectivity index (χ1n) is 10.8. The molecule has 4 rings (SSSR count). The number of hydrogen-bond acceptors (Lipinski definition) is 5. The molecule has 0 spiro atoms. The molecule has 30 heavy (non-hydrogen) atoms. The molecular formula is C23H31N3O3S. The van der Waals surface area contributed by atoms with Crippen LogP contribution >= 0.6 is 0 Å². The minimum atomic E-state index is -3.42. The predicted octanol–water partition coefficient (Wildman–Crippen LogP) is 3.39. The first kappa shape index (κ1) is 21.3. The second-order valence-corrected chi connectivity index (χ2v) is 10.3. The van der Waals surface area contributed by atoms with E-state index in [4.69, 9.17) is 4.74 Å². The molecule has 2 aromatic rings. The van der Waals surface area contributed by atoms with E-state index in [9.17, 15) is 8.42 Å². The Labute approximate surface area is 179 Å². The summed E-state index contributed by atoms with van der Waals surface area (Å²) in [5.41, 5.74) is 1.80. The average Bonchev–Trinajstić information content (AvgIpc) is 2.77. The van der Waals surface area contributed by atoms with E-state index < -0.39 is 10.0 Å². The highest BCUT2D eigenvalue weighted by Gasteiger charge is 2.34. The summed E-state index contributed by atoms with van der Waals surface area (Å²) in [4.78, 5) is 7.00. The summed E-state index contributed by atoms with van der Waals surface area (Å²) in [5, 5.41) is 0. The quantitative estimate of drug-likeness (QED) is 0.729. The number of sulfonamides is 1. The van der Waals surface area contributed by atoms with Gasteiger partial charge in [-0.2, -0.15) is 4.31 Å². The summed E-state index contributed by atoms with van der Waals surface area (Å²) in [6, 6.07) is 9.91. The van der Waals surface area contributed by atoms with Crippen LogP contribution in [0.25, 0.3) is 0 Å². The minimum absolute atomic E-state index is 0.244. The molecule has 0 N–H and O–H groups in total. The van der Waals surface area contributed by atoms with Crippen molar-refractivity contribution in [2.75, 3.05) is 26.2 Å². The van der Waals surface area contributed by atoms with Crippen LogP contribution in [0, 0.1) is 13.8 Å². The third-order valence-corrected chi connectivity index (χ3v) is 8.37. The maximum Gasteiger partial charge on any atom is 0.243 e. The Kier molecular flexibility index (Phi) is 6.41. The molecular weight excluding hydrogens is 398 g/mol. The number of piperidine rings is 2. The topological polar surface area (TPSA) is 62.7 Å². The van der Waals surface area contributed by atoms with Crippen LogP contribution in [0.2, 0.25) is 0 Å². The van der Waals surface area contributed by atoms with Gasteiger partial charge >= 0.3 is 0 Å². The van der Waals surface area contributed by atoms with Crippen molar-refractivity contribution in [3.63, 3.8) is 0 Å². The molecule has 0 unspecified atom stereocenters. The number of rotatable bonds is 5. The van der Waals surface area contributed by atoms with Gasteiger partial charge in [-0.3, -0.25) is 4.98 Å². The van der Waals surface area contributed by atoms with Crippen LogP contribution in [-0.2, 0) is 10.0 Å². The fourth-order valence-corrected chi connectivity index (χ4v) is 6.32. The Morgan fingerprint density at radius 2 is 1.60 bits per heavy atom. The van der Waals surface area contributed by atoms with Crippen LogP contribution in [0.4, 0.5) is 0 Å². The number of aryl methyl sites for hydroxylation is 2. The number of hydrogen-bond donors (Lipinski definition) is 0. The SMILES string of the molecule is Cc1ccc(C)c(S(=O)(=O)N2CCC(N3CCC(Oc4ccncc4)CC3)CC2)c1. The van der Waals surface area contributed by atoms with Gasteiger partial charge in [0.2, 0.25) is 10.0 Å². The van der Waals surface area contributed by atoms with Gasteiger partial charge in [-0.25, -0.2) is 8.42 Å². The largest absolute Gasteiger partial charge is 0.490 e. The third-order valence-electron chi connectivity index (χ3n) is 6.33. The molecule has 0 radical (unpaired) electrons. The number of likely N-dealkylation sites (tertiary alicyclic amines) is 1. The highest BCUT2D eigenvalue weighted by Crippen LogP contribution is 2.28. The number of benzene rings is 1. The fourth-order valence-electron chi connectivity index (χ4n) is 4.54. The highest BCUT2D eigenvalue weighted by molar-refractivity contribution is 7.89. The summed E-state index contributed by atoms with van der Waals surface area (Å²) >= 11 is 0. The zero-order chi connectivity index (χ0) is 21.1. The van der Waals surface area contributed by atoms with Crippen molar-refractivity contribution >= 4 is 10.0 Å². The molecule has 0 saturated carbocycles. The maximum absolute atomic E-state index is 13.2. The Balaban J connectivity index is 1.30. The Morgan fingerprint density at radius 1 is 0.933 bits per heavy atom. The molecule has 2 aliphatic heterocycles. The summed E-state index contributed by atoms with van der Waals surface area (Å²) in [5.74, 6) is 0.883. The molecule has 0 aliphatic carbocycles. The van der Waals surface area contributed by atoms with Crippen LogP contribution in [0.3, 0.4) is 0 Å². The molecule has 1 aromatic carbocycles. The van der Waals surface area contributed by atoms with Crippen LogP contribution in [0.1, 0.15) is 36.8 Å². The molecule has 1 aromatic heterocycles. The lowest BCUT2D eigenvalue weighted by Crippen LogP contribution is -2.50. The van der Waals surface area contributed by atoms with E-state index in [2.05, 4.69) is 9.88 Å². The second-order valence-electron chi connectivity index (χ2n) is 8.44. The van der Waals surface area contributed by atoms with Crippen molar-refractivity contribution in [3.05, 3.63) is 53.9 Å². The molecule has 7 heteroatoms. The first-order chi connectivity index (χ1) is 14.4. The van der Waals surface area contributed by atoms with Crippen molar-refractivity contribution in [1.29, 1.82) is 0 Å². The van der Waals surface area contributed by atoms with Crippen molar-refractivity contribution < 1.29 is 13.2 Å². The van der Waals surface area contributed by atoms with Crippen molar-refractivity contribution in [3.8, 4) is 5.75 Å². The summed E-state index contributed by atoms with van der Waals surface area (Å²) in [6.45, 7) is 7.00. The normalized spacial score (nSPS) is 20.3. The lowest BCUT2D eigenvalue weighted by molar-refractivity contribution is 0.0585. The standard InChI is InChI=1S/C23H31N3O3S/c1-18-3-4-19(2)23(17-18)30(27,28)26-15-7-20(8-16-26)25-13-9-22(10-14-25)29-21-5-11-24-12-6-21/h3-6,11-12,17,20,22H,7-10,13-16H2,1-2H3. The molecule has 2 fully saturated rings. The van der Waals surface area contributed by atoms with Crippen LogP contribution in [-0.4, -0.2) is 60.9 Å². The number of aromatic nitrogens is 1. The van der Waals surface area contributed by atoms with E-state index in [0.29, 0.717) is 24.0 Å². The predicted molar refractivity (Wildman–Crippen MR) is 117 cm³/mol. The van der Waals surface area contributed by atoms with Gasteiger partial charge in [-0.15, -0.1) is 0 Å². The number of nitrogens with zero attached hydrogens (tertiary/aromatic N) is 3. The van der Waals surface area contributed by atoms with E-state index in [1.807, 2.05) is 38.1 Å². The van der Waals surface area contributed by atoms with Crippen LogP contribution < -0.4 is 4.74 Å². The van der Waals surface area contributed by atoms with Gasteiger partial charge in [0, 0.05) is 44.6 Å². The number of pyridine rings is 1. The third kappa shape index (κ3) is 4.68. The number of ether oxygens (including phenoxy) is 1. The van der Waals surface area contributed by atoms with Crippen LogP contribution in [0.15, 0.2) is 47.6 Å². The Hall–Kier alpha value is -1.96. The van der Waals surface area contributed by atoms with Gasteiger partial charge in [-0.05, 0) is 68.9 Å².